The van der Waals surface area contributed by atoms with Crippen LogP contribution in [0.1, 0.15) is 36.1 Å². The highest BCUT2D eigenvalue weighted by molar-refractivity contribution is 6.36. The fourth-order valence-electron chi connectivity index (χ4n) is 5.66. The zero-order valence-corrected chi connectivity index (χ0v) is 17.8. The van der Waals surface area contributed by atoms with E-state index in [1.807, 2.05) is 48.5 Å². The van der Waals surface area contributed by atoms with Gasteiger partial charge in [0.25, 0.3) is 0 Å². The fraction of sp³-hybridized carbons (Fsp3) is 0.348. The van der Waals surface area contributed by atoms with Gasteiger partial charge >= 0.3 is 5.97 Å². The first-order chi connectivity index (χ1) is 14.2. The molecule has 2 bridgehead atoms. The maximum absolute atomic E-state index is 13.7. The van der Waals surface area contributed by atoms with Crippen LogP contribution in [0.5, 0.6) is 0 Å². The topological polar surface area (TPSA) is 74.7 Å². The molecule has 2 aromatic carbocycles. The number of imide groups is 1. The zero-order valence-electron chi connectivity index (χ0n) is 16.3. The molecule has 0 radical (unpaired) electrons. The van der Waals surface area contributed by atoms with Crippen molar-refractivity contribution in [1.82, 2.24) is 4.90 Å². The third kappa shape index (κ3) is 2.02. The average molecular weight is 444 g/mol. The fourth-order valence-corrected chi connectivity index (χ4v) is 6.75. The second-order valence-corrected chi connectivity index (χ2v) is 9.74. The van der Waals surface area contributed by atoms with E-state index in [1.165, 1.54) is 0 Å². The van der Waals surface area contributed by atoms with E-state index in [9.17, 15) is 19.5 Å². The van der Waals surface area contributed by atoms with Crippen LogP contribution >= 0.6 is 23.2 Å². The second-order valence-electron chi connectivity index (χ2n) is 8.54. The minimum atomic E-state index is -1.30. The van der Waals surface area contributed by atoms with Crippen LogP contribution in [-0.2, 0) is 24.1 Å². The Bertz CT molecular complexity index is 1010. The molecule has 4 aliphatic rings. The van der Waals surface area contributed by atoms with Crippen molar-refractivity contribution in [2.75, 3.05) is 0 Å². The number of rotatable bonds is 3. The van der Waals surface area contributed by atoms with E-state index in [-0.39, 0.29) is 0 Å². The number of halogens is 2. The Kier molecular flexibility index (Phi) is 3.97. The predicted octanol–water partition coefficient (Wildman–Crippen LogP) is 3.69. The molecule has 1 fully saturated rings. The molecule has 3 atom stereocenters. The number of amides is 2. The van der Waals surface area contributed by atoms with Gasteiger partial charge in [-0.15, -0.1) is 23.2 Å². The highest BCUT2D eigenvalue weighted by Gasteiger charge is 2.73. The number of aliphatic carboxylic acids is 1. The van der Waals surface area contributed by atoms with Crippen molar-refractivity contribution in [2.24, 2.45) is 17.8 Å². The predicted molar refractivity (Wildman–Crippen MR) is 111 cm³/mol. The van der Waals surface area contributed by atoms with E-state index in [0.717, 1.165) is 4.90 Å². The smallest absolute Gasteiger partial charge is 0.327 e. The highest BCUT2D eigenvalue weighted by Crippen LogP contribution is 2.69. The molecular weight excluding hydrogens is 425 g/mol. The van der Waals surface area contributed by atoms with Gasteiger partial charge in [0.15, 0.2) is 0 Å². The monoisotopic (exact) mass is 443 g/mol. The van der Waals surface area contributed by atoms with E-state index in [0.29, 0.717) is 22.3 Å². The number of nitrogens with zero attached hydrogens (tertiary/aromatic N) is 1. The van der Waals surface area contributed by atoms with Crippen molar-refractivity contribution in [2.45, 2.75) is 29.6 Å². The quantitative estimate of drug-likeness (QED) is 0.579. The summed E-state index contributed by atoms with van der Waals surface area (Å²) >= 11 is 14.6. The van der Waals surface area contributed by atoms with Crippen LogP contribution in [0.15, 0.2) is 48.5 Å². The van der Waals surface area contributed by atoms with E-state index in [1.54, 1.807) is 13.8 Å². The number of alkyl halides is 2. The number of hydrogen-bond acceptors (Lipinski definition) is 3. The lowest BCUT2D eigenvalue weighted by molar-refractivity contribution is -0.157. The summed E-state index contributed by atoms with van der Waals surface area (Å²) in [6, 6.07) is 13.4. The minimum absolute atomic E-state index is 0.462. The van der Waals surface area contributed by atoms with Crippen molar-refractivity contribution in [1.29, 1.82) is 0 Å². The lowest BCUT2D eigenvalue weighted by atomic mass is 9.54. The molecule has 3 aliphatic carbocycles. The van der Waals surface area contributed by atoms with Gasteiger partial charge in [0.1, 0.15) is 15.8 Å². The first kappa shape index (κ1) is 19.6. The standard InChI is InChI=1S/C23H19Cl2NO4/c1-11(2)18(21(29)30)26-19(27)16-17(20(26)28)23(25)13-8-4-3-7-12(13)22(16,24)14-9-5-6-10-15(14)23/h3-11,16-18H,1-2H3,(H,29,30)/t16-,17-,18+,22?,23?/m1/s1. The van der Waals surface area contributed by atoms with Crippen molar-refractivity contribution in [3.63, 3.8) is 0 Å². The minimum Gasteiger partial charge on any atom is -0.480 e. The van der Waals surface area contributed by atoms with Gasteiger partial charge in [0, 0.05) is 0 Å². The molecule has 0 unspecified atom stereocenters. The number of carboxylic acids is 1. The summed E-state index contributed by atoms with van der Waals surface area (Å²) in [5.74, 6) is -4.79. The molecule has 0 aromatic heterocycles. The second kappa shape index (κ2) is 6.08. The van der Waals surface area contributed by atoms with Crippen molar-refractivity contribution in [3.8, 4) is 0 Å². The van der Waals surface area contributed by atoms with Crippen molar-refractivity contribution in [3.05, 3.63) is 70.8 Å². The number of benzene rings is 2. The lowest BCUT2D eigenvalue weighted by Crippen LogP contribution is -2.57. The molecule has 2 aromatic rings. The Balaban J connectivity index is 1.82. The van der Waals surface area contributed by atoms with Gasteiger partial charge in [-0.1, -0.05) is 62.4 Å². The molecule has 7 heteroatoms. The first-order valence-corrected chi connectivity index (χ1v) is 10.6. The van der Waals surface area contributed by atoms with Gasteiger partial charge in [-0.05, 0) is 28.2 Å². The molecule has 1 aliphatic heterocycles. The number of hydrogen-bond donors (Lipinski definition) is 1. The van der Waals surface area contributed by atoms with Gasteiger partial charge < -0.3 is 5.11 Å². The Morgan fingerprint density at radius 1 is 0.867 bits per heavy atom. The van der Waals surface area contributed by atoms with Crippen LogP contribution in [0.2, 0.25) is 0 Å². The van der Waals surface area contributed by atoms with E-state index in [4.69, 9.17) is 23.2 Å². The van der Waals surface area contributed by atoms with Gasteiger partial charge in [-0.3, -0.25) is 14.5 Å². The highest BCUT2D eigenvalue weighted by atomic mass is 35.5. The molecule has 0 spiro atoms. The van der Waals surface area contributed by atoms with Crippen molar-refractivity contribution >= 4 is 41.0 Å². The SMILES string of the molecule is CC(C)[C@@H](C(=O)O)N1C(=O)[C@H]2[C@H](C1=O)C1(Cl)c3ccccc3C2(Cl)c2ccccc21. The molecular formula is C23H19Cl2NO4. The molecule has 1 saturated heterocycles. The third-order valence-electron chi connectivity index (χ3n) is 6.78. The van der Waals surface area contributed by atoms with Crippen molar-refractivity contribution < 1.29 is 19.5 Å². The summed E-state index contributed by atoms with van der Waals surface area (Å²) in [4.78, 5) is 37.6. The summed E-state index contributed by atoms with van der Waals surface area (Å²) in [6.45, 7) is 3.35. The van der Waals surface area contributed by atoms with Crippen LogP contribution < -0.4 is 0 Å². The Hall–Kier alpha value is -2.37. The largest absolute Gasteiger partial charge is 0.480 e. The van der Waals surface area contributed by atoms with Gasteiger partial charge in [0.05, 0.1) is 11.8 Å². The normalized spacial score (nSPS) is 32.1. The zero-order chi connectivity index (χ0) is 21.6. The van der Waals surface area contributed by atoms with E-state index >= 15 is 0 Å². The van der Waals surface area contributed by atoms with Crippen LogP contribution in [0.25, 0.3) is 0 Å². The average Bonchev–Trinajstić information content (AvgIpc) is 2.98. The summed E-state index contributed by atoms with van der Waals surface area (Å²) in [7, 11) is 0. The number of carboxylic acid groups (broad SMARTS) is 1. The van der Waals surface area contributed by atoms with Gasteiger partial charge in [0.2, 0.25) is 11.8 Å². The molecule has 1 N–H and O–H groups in total. The van der Waals surface area contributed by atoms with Crippen LogP contribution in [0.3, 0.4) is 0 Å². The van der Waals surface area contributed by atoms with Gasteiger partial charge in [-0.25, -0.2) is 4.79 Å². The lowest BCUT2D eigenvalue weighted by Gasteiger charge is -2.54. The van der Waals surface area contributed by atoms with E-state index < -0.39 is 51.3 Å². The summed E-state index contributed by atoms with van der Waals surface area (Å²) in [5.41, 5.74) is 2.78. The number of carbonyl (C=O) groups excluding carboxylic acids is 2. The van der Waals surface area contributed by atoms with Gasteiger partial charge in [-0.2, -0.15) is 0 Å². The van der Waals surface area contributed by atoms with Crippen LogP contribution in [0.4, 0.5) is 0 Å². The summed E-state index contributed by atoms with van der Waals surface area (Å²) in [5, 5.41) is 9.78. The number of carbonyl (C=O) groups is 3. The van der Waals surface area contributed by atoms with Crippen LogP contribution in [0, 0.1) is 17.8 Å². The Morgan fingerprint density at radius 3 is 1.47 bits per heavy atom. The maximum atomic E-state index is 13.7. The molecule has 5 nitrogen and oxygen atoms in total. The first-order valence-electron chi connectivity index (χ1n) is 9.84. The van der Waals surface area contributed by atoms with E-state index in [2.05, 4.69) is 0 Å². The maximum Gasteiger partial charge on any atom is 0.327 e. The Morgan fingerprint density at radius 2 is 1.20 bits per heavy atom. The molecule has 0 saturated carbocycles. The molecule has 1 heterocycles. The number of likely N-dealkylation sites (tertiary alicyclic amines) is 1. The molecule has 6 rings (SSSR count). The molecule has 154 valence electrons. The Labute approximate surface area is 183 Å². The van der Waals surface area contributed by atoms with Crippen LogP contribution in [-0.4, -0.2) is 33.8 Å². The third-order valence-corrected chi connectivity index (χ3v) is 8.07. The summed E-state index contributed by atoms with van der Waals surface area (Å²) < 4.78 is 0. The molecule has 2 amide bonds. The summed E-state index contributed by atoms with van der Waals surface area (Å²) in [6.07, 6.45) is 0. The molecule has 30 heavy (non-hydrogen) atoms.